The molecule has 0 aliphatic rings. The molecule has 0 aliphatic heterocycles. The lowest BCUT2D eigenvalue weighted by atomic mass is 10.1. The zero-order valence-electron chi connectivity index (χ0n) is 12.4. The zero-order valence-corrected chi connectivity index (χ0v) is 12.4. The summed E-state index contributed by atoms with van der Waals surface area (Å²) in [6.45, 7) is 0.809. The van der Waals surface area contributed by atoms with E-state index in [2.05, 4.69) is 16.0 Å². The number of nitro groups is 1. The van der Waals surface area contributed by atoms with Gasteiger partial charge in [0, 0.05) is 17.8 Å². The fourth-order valence-corrected chi connectivity index (χ4v) is 1.92. The third-order valence-corrected chi connectivity index (χ3v) is 3.12. The number of ketones is 1. The molecule has 1 aromatic rings. The third-order valence-electron chi connectivity index (χ3n) is 3.12. The molecule has 0 heterocycles. The van der Waals surface area contributed by atoms with Gasteiger partial charge in [0.1, 0.15) is 0 Å². The van der Waals surface area contributed by atoms with Gasteiger partial charge in [0.25, 0.3) is 5.69 Å². The average molecular weight is 308 g/mol. The average Bonchev–Trinajstić information content (AvgIpc) is 2.52. The van der Waals surface area contributed by atoms with E-state index in [1.165, 1.54) is 24.3 Å². The Bertz CT molecular complexity index is 504. The molecule has 8 nitrogen and oxygen atoms in total. The van der Waals surface area contributed by atoms with E-state index in [1.54, 1.807) is 0 Å². The summed E-state index contributed by atoms with van der Waals surface area (Å²) in [5.41, 5.74) is 0.600. The van der Waals surface area contributed by atoms with Crippen molar-refractivity contribution in [1.82, 2.24) is 10.6 Å². The minimum absolute atomic E-state index is 0.00978. The number of rotatable bonds is 11. The van der Waals surface area contributed by atoms with Crippen LogP contribution in [0, 0.1) is 10.1 Å². The van der Waals surface area contributed by atoms with Crippen LogP contribution in [0.15, 0.2) is 24.3 Å². The number of carbonyl (C=O) groups excluding carboxylic acids is 2. The van der Waals surface area contributed by atoms with Gasteiger partial charge >= 0.3 is 0 Å². The first-order valence-electron chi connectivity index (χ1n) is 6.93. The maximum atomic E-state index is 12.1. The third kappa shape index (κ3) is 5.88. The maximum Gasteiger partial charge on any atom is 0.269 e. The first-order valence-corrected chi connectivity index (χ1v) is 6.93. The quantitative estimate of drug-likeness (QED) is 0.240. The molecular formula is C14H20N4O4. The molecule has 0 radical (unpaired) electrons. The molecule has 0 unspecified atom stereocenters. The molecule has 0 aliphatic carbocycles. The van der Waals surface area contributed by atoms with Crippen LogP contribution in [0.5, 0.6) is 0 Å². The smallest absolute Gasteiger partial charge is 0.269 e. The normalized spacial score (nSPS) is 11.5. The van der Waals surface area contributed by atoms with Gasteiger partial charge in [0.05, 0.1) is 17.5 Å². The maximum absolute atomic E-state index is 12.1. The number of nitrogens with one attached hydrogen (secondary N) is 3. The molecule has 120 valence electrons. The summed E-state index contributed by atoms with van der Waals surface area (Å²) in [7, 11) is 1.82. The van der Waals surface area contributed by atoms with Crippen LogP contribution in [-0.4, -0.2) is 43.3 Å². The topological polar surface area (TPSA) is 113 Å². The number of nitrogens with zero attached hydrogens (tertiary/aromatic N) is 1. The van der Waals surface area contributed by atoms with Crippen molar-refractivity contribution in [1.29, 1.82) is 0 Å². The predicted molar refractivity (Wildman–Crippen MR) is 82.7 cm³/mol. The van der Waals surface area contributed by atoms with Crippen LogP contribution >= 0.6 is 0 Å². The van der Waals surface area contributed by atoms with Crippen molar-refractivity contribution < 1.29 is 14.5 Å². The zero-order chi connectivity index (χ0) is 16.4. The van der Waals surface area contributed by atoms with Crippen LogP contribution in [0.2, 0.25) is 0 Å². The lowest BCUT2D eigenvalue weighted by Gasteiger charge is -2.15. The number of amides is 1. The van der Waals surface area contributed by atoms with Crippen molar-refractivity contribution in [2.24, 2.45) is 0 Å². The van der Waals surface area contributed by atoms with Gasteiger partial charge in [-0.25, -0.2) is 0 Å². The lowest BCUT2D eigenvalue weighted by Crippen LogP contribution is -2.39. The second-order valence-corrected chi connectivity index (χ2v) is 4.71. The highest BCUT2D eigenvalue weighted by Crippen LogP contribution is 2.15. The second kappa shape index (κ2) is 9.46. The largest absolute Gasteiger partial charge is 0.378 e. The van der Waals surface area contributed by atoms with Gasteiger partial charge in [-0.2, -0.15) is 0 Å². The standard InChI is InChI=1S/C14H20N4O4/c1-15-8-2-3-13(17-10-19)14(20)9-16-11-4-6-12(7-5-11)18(21)22/h4-7,10,13,15-16H,2-3,8-9H2,1H3,(H,17,19)/t13-/m0/s1. The van der Waals surface area contributed by atoms with Crippen LogP contribution < -0.4 is 16.0 Å². The molecule has 0 aromatic heterocycles. The molecule has 8 heteroatoms. The van der Waals surface area contributed by atoms with E-state index in [9.17, 15) is 19.7 Å². The molecule has 0 saturated heterocycles. The highest BCUT2D eigenvalue weighted by molar-refractivity contribution is 5.89. The minimum atomic E-state index is -0.531. The van der Waals surface area contributed by atoms with E-state index in [0.29, 0.717) is 18.5 Å². The van der Waals surface area contributed by atoms with Crippen molar-refractivity contribution in [2.45, 2.75) is 18.9 Å². The summed E-state index contributed by atoms with van der Waals surface area (Å²) in [6, 6.07) is 5.27. The van der Waals surface area contributed by atoms with E-state index < -0.39 is 11.0 Å². The second-order valence-electron chi connectivity index (χ2n) is 4.71. The molecule has 0 saturated carbocycles. The number of nitro benzene ring substituents is 1. The molecule has 1 atom stereocenters. The van der Waals surface area contributed by atoms with Crippen molar-refractivity contribution in [3.05, 3.63) is 34.4 Å². The lowest BCUT2D eigenvalue weighted by molar-refractivity contribution is -0.384. The molecular weight excluding hydrogens is 288 g/mol. The Morgan fingerprint density at radius 3 is 2.59 bits per heavy atom. The Labute approximate surface area is 128 Å². The van der Waals surface area contributed by atoms with Gasteiger partial charge in [-0.05, 0) is 38.6 Å². The number of hydrogen-bond donors (Lipinski definition) is 3. The Balaban J connectivity index is 2.50. The first-order chi connectivity index (χ1) is 10.6. The monoisotopic (exact) mass is 308 g/mol. The van der Waals surface area contributed by atoms with E-state index in [1.807, 2.05) is 7.05 Å². The molecule has 1 aromatic carbocycles. The Morgan fingerprint density at radius 2 is 2.05 bits per heavy atom. The van der Waals surface area contributed by atoms with E-state index in [-0.39, 0.29) is 18.0 Å². The Kier molecular flexibility index (Phi) is 7.55. The number of carbonyl (C=O) groups is 2. The fraction of sp³-hybridized carbons (Fsp3) is 0.429. The number of anilines is 1. The summed E-state index contributed by atoms with van der Waals surface area (Å²) in [5, 5.41) is 18.9. The van der Waals surface area contributed by atoms with E-state index in [0.717, 1.165) is 13.0 Å². The van der Waals surface area contributed by atoms with Gasteiger partial charge in [-0.15, -0.1) is 0 Å². The molecule has 1 amide bonds. The highest BCUT2D eigenvalue weighted by atomic mass is 16.6. The van der Waals surface area contributed by atoms with Crippen molar-refractivity contribution in [3.8, 4) is 0 Å². The molecule has 1 rings (SSSR count). The van der Waals surface area contributed by atoms with Crippen LogP contribution in [-0.2, 0) is 9.59 Å². The summed E-state index contributed by atoms with van der Waals surface area (Å²) in [4.78, 5) is 32.7. The minimum Gasteiger partial charge on any atom is -0.378 e. The van der Waals surface area contributed by atoms with Gasteiger partial charge in [-0.1, -0.05) is 0 Å². The van der Waals surface area contributed by atoms with Crippen molar-refractivity contribution >= 4 is 23.6 Å². The number of benzene rings is 1. The Hall–Kier alpha value is -2.48. The predicted octanol–water partition coefficient (Wildman–Crippen LogP) is 0.690. The van der Waals surface area contributed by atoms with Gasteiger partial charge in [0.15, 0.2) is 5.78 Å². The van der Waals surface area contributed by atoms with Crippen LogP contribution in [0.3, 0.4) is 0 Å². The SMILES string of the molecule is CNCCC[C@H](NC=O)C(=O)CNc1ccc([N+](=O)[O-])cc1. The first kappa shape index (κ1) is 17.6. The molecule has 22 heavy (non-hydrogen) atoms. The number of hydrogen-bond acceptors (Lipinski definition) is 6. The molecule has 3 N–H and O–H groups in total. The van der Waals surface area contributed by atoms with E-state index >= 15 is 0 Å². The van der Waals surface area contributed by atoms with Crippen LogP contribution in [0.25, 0.3) is 0 Å². The van der Waals surface area contributed by atoms with Crippen molar-refractivity contribution in [2.75, 3.05) is 25.5 Å². The van der Waals surface area contributed by atoms with Gasteiger partial charge in [-0.3, -0.25) is 19.7 Å². The summed E-state index contributed by atoms with van der Waals surface area (Å²) in [5.74, 6) is -0.137. The summed E-state index contributed by atoms with van der Waals surface area (Å²) in [6.07, 6.45) is 1.85. The van der Waals surface area contributed by atoms with E-state index in [4.69, 9.17) is 0 Å². The number of Topliss-reactive ketones (excluding diaryl/α,β-unsaturated/α-hetero) is 1. The van der Waals surface area contributed by atoms with Crippen molar-refractivity contribution in [3.63, 3.8) is 0 Å². The summed E-state index contributed by atoms with van der Waals surface area (Å²) < 4.78 is 0. The van der Waals surface area contributed by atoms with Crippen LogP contribution in [0.1, 0.15) is 12.8 Å². The van der Waals surface area contributed by atoms with Crippen LogP contribution in [0.4, 0.5) is 11.4 Å². The summed E-state index contributed by atoms with van der Waals surface area (Å²) >= 11 is 0. The highest BCUT2D eigenvalue weighted by Gasteiger charge is 2.16. The van der Waals surface area contributed by atoms with Gasteiger partial charge < -0.3 is 16.0 Å². The Morgan fingerprint density at radius 1 is 1.36 bits per heavy atom. The van der Waals surface area contributed by atoms with Gasteiger partial charge in [0.2, 0.25) is 6.41 Å². The fourth-order valence-electron chi connectivity index (χ4n) is 1.92. The molecule has 0 spiro atoms. The number of non-ortho nitro benzene ring substituents is 1. The molecule has 0 bridgehead atoms. The molecule has 0 fully saturated rings.